The van der Waals surface area contributed by atoms with Crippen LogP contribution in [0.25, 0.3) is 12.2 Å². The molecule has 18 heavy (non-hydrogen) atoms. The third-order valence-corrected chi connectivity index (χ3v) is 3.14. The molecule has 1 aromatic carbocycles. The van der Waals surface area contributed by atoms with E-state index in [0.717, 1.165) is 26.0 Å². The molecule has 0 bridgehead atoms. The molecule has 96 valence electrons. The summed E-state index contributed by atoms with van der Waals surface area (Å²) in [5.74, 6) is 1.66. The van der Waals surface area contributed by atoms with E-state index in [1.165, 1.54) is 0 Å². The molecule has 0 aliphatic carbocycles. The second-order valence-electron chi connectivity index (χ2n) is 4.57. The lowest BCUT2D eigenvalue weighted by Crippen LogP contribution is -2.27. The molecule has 0 amide bonds. The Balaban J connectivity index is 2.56. The zero-order valence-electron chi connectivity index (χ0n) is 10.5. The van der Waals surface area contributed by atoms with Crippen LogP contribution in [0.3, 0.4) is 0 Å². The zero-order chi connectivity index (χ0) is 13.3. The van der Waals surface area contributed by atoms with Gasteiger partial charge < -0.3 is 9.47 Å². The van der Waals surface area contributed by atoms with E-state index in [9.17, 15) is 0 Å². The fraction of sp³-hybridized carbons (Fsp3) is 0.286. The quantitative estimate of drug-likeness (QED) is 0.728. The lowest BCUT2D eigenvalue weighted by atomic mass is 9.99. The van der Waals surface area contributed by atoms with Gasteiger partial charge in [0.15, 0.2) is 0 Å². The van der Waals surface area contributed by atoms with Gasteiger partial charge in [-0.2, -0.15) is 0 Å². The van der Waals surface area contributed by atoms with E-state index in [0.29, 0.717) is 0 Å². The summed E-state index contributed by atoms with van der Waals surface area (Å²) < 4.78 is 12.3. The van der Waals surface area contributed by atoms with Gasteiger partial charge in [0.2, 0.25) is 0 Å². The van der Waals surface area contributed by atoms with E-state index in [1.807, 2.05) is 38.1 Å². The van der Waals surface area contributed by atoms with Gasteiger partial charge in [0.1, 0.15) is 17.1 Å². The van der Waals surface area contributed by atoms with Crippen LogP contribution in [0, 0.1) is 0 Å². The first-order chi connectivity index (χ1) is 8.43. The zero-order valence-corrected chi connectivity index (χ0v) is 13.6. The lowest BCUT2D eigenvalue weighted by Gasteiger charge is -2.29. The molecule has 2 nitrogen and oxygen atoms in total. The van der Waals surface area contributed by atoms with Crippen molar-refractivity contribution in [2.45, 2.75) is 19.4 Å². The Bertz CT molecular complexity index is 527. The second kappa shape index (κ2) is 5.10. The van der Waals surface area contributed by atoms with Crippen LogP contribution < -0.4 is 9.47 Å². The highest BCUT2D eigenvalue weighted by atomic mass is 79.9. The van der Waals surface area contributed by atoms with Gasteiger partial charge in [-0.05, 0) is 76.1 Å². The minimum Gasteiger partial charge on any atom is -0.495 e. The molecule has 0 saturated carbocycles. The number of halogens is 2. The number of hydrogen-bond donors (Lipinski definition) is 0. The van der Waals surface area contributed by atoms with Crippen LogP contribution in [0.5, 0.6) is 11.5 Å². The van der Waals surface area contributed by atoms with Crippen molar-refractivity contribution in [2.75, 3.05) is 7.11 Å². The summed E-state index contributed by atoms with van der Waals surface area (Å²) in [4.78, 5) is 0. The summed E-state index contributed by atoms with van der Waals surface area (Å²) in [5.41, 5.74) is 1.70. The second-order valence-corrected chi connectivity index (χ2v) is 7.35. The molecule has 0 N–H and O–H groups in total. The molecule has 2 rings (SSSR count). The molecule has 0 atom stereocenters. The van der Waals surface area contributed by atoms with Crippen LogP contribution in [0.1, 0.15) is 25.0 Å². The molecule has 1 heterocycles. The first-order valence-electron chi connectivity index (χ1n) is 5.55. The highest BCUT2D eigenvalue weighted by Crippen LogP contribution is 2.40. The van der Waals surface area contributed by atoms with Crippen molar-refractivity contribution in [1.82, 2.24) is 0 Å². The predicted molar refractivity (Wildman–Crippen MR) is 82.6 cm³/mol. The fourth-order valence-corrected chi connectivity index (χ4v) is 2.40. The number of benzene rings is 1. The van der Waals surface area contributed by atoms with E-state index in [2.05, 4.69) is 37.9 Å². The van der Waals surface area contributed by atoms with Crippen molar-refractivity contribution in [2.24, 2.45) is 0 Å². The summed E-state index contributed by atoms with van der Waals surface area (Å²) in [6, 6.07) is 3.95. The molecule has 0 aromatic heterocycles. The molecule has 0 saturated heterocycles. The van der Waals surface area contributed by atoms with Gasteiger partial charge in [0.05, 0.1) is 16.1 Å². The predicted octanol–water partition coefficient (Wildman–Crippen LogP) is 4.97. The number of fused-ring (bicyclic) bond motifs is 1. The van der Waals surface area contributed by atoms with Gasteiger partial charge in [-0.3, -0.25) is 0 Å². The molecule has 1 aromatic rings. The Morgan fingerprint density at radius 1 is 1.33 bits per heavy atom. The molecule has 0 spiro atoms. The molecule has 1 aliphatic heterocycles. The van der Waals surface area contributed by atoms with Crippen molar-refractivity contribution < 1.29 is 9.47 Å². The maximum atomic E-state index is 5.91. The van der Waals surface area contributed by atoms with Crippen LogP contribution in [0.4, 0.5) is 0 Å². The molecule has 4 heteroatoms. The smallest absolute Gasteiger partial charge is 0.137 e. The normalized spacial score (nSPS) is 15.6. The number of methoxy groups -OCH3 is 1. The van der Waals surface area contributed by atoms with Crippen LogP contribution in [-0.2, 0) is 0 Å². The minimum atomic E-state index is -0.272. The summed E-state index contributed by atoms with van der Waals surface area (Å²) >= 11 is 6.72. The molecule has 0 radical (unpaired) electrons. The van der Waals surface area contributed by atoms with Crippen LogP contribution in [0.15, 0.2) is 21.6 Å². The number of hydrogen-bond acceptors (Lipinski definition) is 2. The Hall–Kier alpha value is -0.740. The van der Waals surface area contributed by atoms with E-state index >= 15 is 0 Å². The molecule has 1 aliphatic rings. The third-order valence-electron chi connectivity index (χ3n) is 2.68. The maximum Gasteiger partial charge on any atom is 0.137 e. The molecular formula is C14H14Br2O2. The average Bonchev–Trinajstić information content (AvgIpc) is 2.27. The SMILES string of the molecule is COc1c(C=C(Br)Br)ccc2c1C=CC(C)(C)O2. The summed E-state index contributed by atoms with van der Waals surface area (Å²) in [7, 11) is 1.67. The topological polar surface area (TPSA) is 18.5 Å². The van der Waals surface area contributed by atoms with E-state index in [-0.39, 0.29) is 5.60 Å². The van der Waals surface area contributed by atoms with Crippen molar-refractivity contribution in [3.8, 4) is 11.5 Å². The molecular weight excluding hydrogens is 360 g/mol. The van der Waals surface area contributed by atoms with Crippen molar-refractivity contribution in [1.29, 1.82) is 0 Å². The van der Waals surface area contributed by atoms with Gasteiger partial charge in [-0.15, -0.1) is 0 Å². The monoisotopic (exact) mass is 372 g/mol. The van der Waals surface area contributed by atoms with Crippen LogP contribution in [0.2, 0.25) is 0 Å². The standard InChI is InChI=1S/C14H14Br2O2/c1-14(2)7-6-10-11(18-14)5-4-9(8-12(15)16)13(10)17-3/h4-8H,1-3H3. The first-order valence-corrected chi connectivity index (χ1v) is 7.13. The molecule has 0 unspecified atom stereocenters. The Kier molecular flexibility index (Phi) is 3.87. The highest BCUT2D eigenvalue weighted by molar-refractivity contribution is 9.28. The summed E-state index contributed by atoms with van der Waals surface area (Å²) in [6.45, 7) is 4.06. The number of ether oxygens (including phenoxy) is 2. The average molecular weight is 374 g/mol. The Labute approximate surface area is 124 Å². The Morgan fingerprint density at radius 2 is 2.06 bits per heavy atom. The third kappa shape index (κ3) is 2.81. The summed E-state index contributed by atoms with van der Waals surface area (Å²) in [5, 5.41) is 0. The van der Waals surface area contributed by atoms with Crippen LogP contribution >= 0.6 is 31.9 Å². The van der Waals surface area contributed by atoms with Crippen molar-refractivity contribution >= 4 is 44.0 Å². The fourth-order valence-electron chi connectivity index (χ4n) is 1.91. The largest absolute Gasteiger partial charge is 0.495 e. The Morgan fingerprint density at radius 3 is 2.67 bits per heavy atom. The minimum absolute atomic E-state index is 0.272. The van der Waals surface area contributed by atoms with E-state index < -0.39 is 0 Å². The number of rotatable bonds is 2. The van der Waals surface area contributed by atoms with E-state index in [1.54, 1.807) is 7.11 Å². The van der Waals surface area contributed by atoms with Gasteiger partial charge in [-0.25, -0.2) is 0 Å². The summed E-state index contributed by atoms with van der Waals surface area (Å²) in [6.07, 6.45) is 6.04. The van der Waals surface area contributed by atoms with E-state index in [4.69, 9.17) is 9.47 Å². The van der Waals surface area contributed by atoms with Crippen molar-refractivity contribution in [3.05, 3.63) is 32.7 Å². The van der Waals surface area contributed by atoms with Gasteiger partial charge in [0, 0.05) is 5.56 Å². The lowest BCUT2D eigenvalue weighted by molar-refractivity contribution is 0.158. The first kappa shape index (κ1) is 13.7. The van der Waals surface area contributed by atoms with Crippen molar-refractivity contribution in [3.63, 3.8) is 0 Å². The maximum absolute atomic E-state index is 5.91. The van der Waals surface area contributed by atoms with Gasteiger partial charge >= 0.3 is 0 Å². The van der Waals surface area contributed by atoms with Crippen LogP contribution in [-0.4, -0.2) is 12.7 Å². The van der Waals surface area contributed by atoms with Gasteiger partial charge in [-0.1, -0.05) is 0 Å². The van der Waals surface area contributed by atoms with Gasteiger partial charge in [0.25, 0.3) is 0 Å². The molecule has 0 fully saturated rings. The highest BCUT2D eigenvalue weighted by Gasteiger charge is 2.24.